The van der Waals surface area contributed by atoms with E-state index in [9.17, 15) is 14.4 Å². The van der Waals surface area contributed by atoms with E-state index in [1.165, 1.54) is 11.1 Å². The molecule has 3 aliphatic rings. The highest BCUT2D eigenvalue weighted by molar-refractivity contribution is 6.11. The third kappa shape index (κ3) is 3.34. The van der Waals surface area contributed by atoms with Gasteiger partial charge >= 0.3 is 6.03 Å². The Labute approximate surface area is 180 Å². The van der Waals surface area contributed by atoms with Crippen LogP contribution in [0.3, 0.4) is 0 Å². The van der Waals surface area contributed by atoms with Gasteiger partial charge in [0.2, 0.25) is 0 Å². The molecule has 31 heavy (non-hydrogen) atoms. The minimum Gasteiger partial charge on any atom is -0.490 e. The lowest BCUT2D eigenvalue weighted by Gasteiger charge is -2.23. The van der Waals surface area contributed by atoms with Gasteiger partial charge in [-0.1, -0.05) is 18.2 Å². The molecule has 5 rings (SSSR count). The molecule has 2 aromatic carbocycles. The highest BCUT2D eigenvalue weighted by Gasteiger charge is 2.49. The molecule has 0 unspecified atom stereocenters. The fourth-order valence-electron chi connectivity index (χ4n) is 4.49. The van der Waals surface area contributed by atoms with Gasteiger partial charge in [0.25, 0.3) is 5.91 Å². The second-order valence-electron chi connectivity index (χ2n) is 8.42. The maximum absolute atomic E-state index is 13.2. The molecule has 2 aliphatic heterocycles. The quantitative estimate of drug-likeness (QED) is 0.607. The minimum atomic E-state index is -1.28. The molecule has 2 aromatic rings. The molecule has 0 saturated carbocycles. The van der Waals surface area contributed by atoms with Crippen LogP contribution in [-0.4, -0.2) is 42.4 Å². The summed E-state index contributed by atoms with van der Waals surface area (Å²) in [4.78, 5) is 39.8. The van der Waals surface area contributed by atoms with Gasteiger partial charge in [-0.15, -0.1) is 0 Å². The van der Waals surface area contributed by atoms with Crippen molar-refractivity contribution < 1.29 is 23.9 Å². The van der Waals surface area contributed by atoms with E-state index in [-0.39, 0.29) is 12.3 Å². The highest BCUT2D eigenvalue weighted by atomic mass is 16.5. The lowest BCUT2D eigenvalue weighted by atomic mass is 9.91. The van der Waals surface area contributed by atoms with Crippen LogP contribution in [0.25, 0.3) is 0 Å². The third-order valence-corrected chi connectivity index (χ3v) is 6.32. The van der Waals surface area contributed by atoms with Crippen molar-refractivity contribution in [2.45, 2.75) is 38.1 Å². The van der Waals surface area contributed by atoms with E-state index in [2.05, 4.69) is 5.32 Å². The van der Waals surface area contributed by atoms with Crippen LogP contribution in [0, 0.1) is 0 Å². The largest absolute Gasteiger partial charge is 0.490 e. The van der Waals surface area contributed by atoms with Crippen molar-refractivity contribution in [3.63, 3.8) is 0 Å². The summed E-state index contributed by atoms with van der Waals surface area (Å²) in [6.45, 7) is 2.45. The van der Waals surface area contributed by atoms with Crippen molar-refractivity contribution in [3.8, 4) is 11.5 Å². The van der Waals surface area contributed by atoms with Gasteiger partial charge in [-0.05, 0) is 61.1 Å². The summed E-state index contributed by atoms with van der Waals surface area (Å²) >= 11 is 0. The number of amides is 3. The van der Waals surface area contributed by atoms with Gasteiger partial charge in [-0.2, -0.15) is 0 Å². The summed E-state index contributed by atoms with van der Waals surface area (Å²) in [6, 6.07) is 10.3. The molecule has 1 aliphatic carbocycles. The molecule has 1 N–H and O–H groups in total. The van der Waals surface area contributed by atoms with E-state index in [0.717, 1.165) is 30.6 Å². The standard InChI is InChI=1S/C24H24N2O5/c1-24(18-8-9-20-21(13-18)31-11-3-10-30-20)22(28)26(23(29)25-24)14-19(27)17-7-6-15-4-2-5-16(15)12-17/h6-9,12-13H,2-5,10-11,14H2,1H3,(H,25,29)/t24-/m1/s1. The Morgan fingerprint density at radius 1 is 1.00 bits per heavy atom. The number of Topliss-reactive ketones (excluding diaryl/α,β-unsaturated/α-hetero) is 1. The zero-order valence-electron chi connectivity index (χ0n) is 17.4. The molecule has 1 saturated heterocycles. The lowest BCUT2D eigenvalue weighted by Crippen LogP contribution is -2.41. The van der Waals surface area contributed by atoms with Gasteiger partial charge in [-0.3, -0.25) is 14.5 Å². The molecule has 0 spiro atoms. The van der Waals surface area contributed by atoms with Gasteiger partial charge in [0, 0.05) is 12.0 Å². The van der Waals surface area contributed by atoms with E-state index in [1.807, 2.05) is 12.1 Å². The van der Waals surface area contributed by atoms with Gasteiger partial charge in [-0.25, -0.2) is 4.79 Å². The summed E-state index contributed by atoms with van der Waals surface area (Å²) in [6.07, 6.45) is 3.86. The van der Waals surface area contributed by atoms with Crippen molar-refractivity contribution in [2.24, 2.45) is 0 Å². The van der Waals surface area contributed by atoms with Crippen LogP contribution < -0.4 is 14.8 Å². The van der Waals surface area contributed by atoms with E-state index < -0.39 is 17.5 Å². The second kappa shape index (κ2) is 7.41. The van der Waals surface area contributed by atoms with Crippen LogP contribution in [0.2, 0.25) is 0 Å². The number of fused-ring (bicyclic) bond motifs is 2. The maximum atomic E-state index is 13.2. The molecule has 7 heteroatoms. The van der Waals surface area contributed by atoms with E-state index in [1.54, 1.807) is 31.2 Å². The molecule has 1 fully saturated rings. The molecule has 0 bridgehead atoms. The molecule has 0 radical (unpaired) electrons. The van der Waals surface area contributed by atoms with Crippen LogP contribution in [-0.2, 0) is 23.2 Å². The molecular weight excluding hydrogens is 396 g/mol. The smallest absolute Gasteiger partial charge is 0.325 e. The lowest BCUT2D eigenvalue weighted by molar-refractivity contribution is -0.130. The number of ketones is 1. The Balaban J connectivity index is 1.38. The summed E-state index contributed by atoms with van der Waals surface area (Å²) in [5, 5.41) is 2.76. The van der Waals surface area contributed by atoms with Crippen LogP contribution in [0.1, 0.15) is 46.8 Å². The summed E-state index contributed by atoms with van der Waals surface area (Å²) in [7, 11) is 0. The Kier molecular flexibility index (Phi) is 4.68. The number of hydrogen-bond acceptors (Lipinski definition) is 5. The first kappa shape index (κ1) is 19.6. The Morgan fingerprint density at radius 2 is 1.77 bits per heavy atom. The first-order valence-corrected chi connectivity index (χ1v) is 10.6. The number of nitrogens with zero attached hydrogens (tertiary/aromatic N) is 1. The van der Waals surface area contributed by atoms with Gasteiger partial charge in [0.05, 0.1) is 19.8 Å². The molecular formula is C24H24N2O5. The minimum absolute atomic E-state index is 0.249. The second-order valence-corrected chi connectivity index (χ2v) is 8.42. The maximum Gasteiger partial charge on any atom is 0.325 e. The number of carbonyl (C=O) groups is 3. The van der Waals surface area contributed by atoms with Gasteiger partial charge in [0.15, 0.2) is 17.3 Å². The Morgan fingerprint density at radius 3 is 2.61 bits per heavy atom. The molecule has 7 nitrogen and oxygen atoms in total. The normalized spacial score (nSPS) is 22.2. The molecule has 3 amide bonds. The van der Waals surface area contributed by atoms with Gasteiger partial charge < -0.3 is 14.8 Å². The number of hydrogen-bond donors (Lipinski definition) is 1. The first-order valence-electron chi connectivity index (χ1n) is 10.6. The monoisotopic (exact) mass is 420 g/mol. The molecule has 2 heterocycles. The summed E-state index contributed by atoms with van der Waals surface area (Å²) < 4.78 is 11.4. The van der Waals surface area contributed by atoms with Crippen molar-refractivity contribution in [3.05, 3.63) is 58.7 Å². The van der Waals surface area contributed by atoms with E-state index in [4.69, 9.17) is 9.47 Å². The predicted octanol–water partition coefficient (Wildman–Crippen LogP) is 2.99. The topological polar surface area (TPSA) is 84.9 Å². The number of rotatable bonds is 4. The number of benzene rings is 2. The van der Waals surface area contributed by atoms with E-state index >= 15 is 0 Å². The molecule has 1 atom stereocenters. The van der Waals surface area contributed by atoms with Gasteiger partial charge in [0.1, 0.15) is 5.54 Å². The van der Waals surface area contributed by atoms with E-state index in [0.29, 0.717) is 35.8 Å². The fraction of sp³-hybridized carbons (Fsp3) is 0.375. The number of aryl methyl sites for hydroxylation is 2. The van der Waals surface area contributed by atoms with Crippen molar-refractivity contribution >= 4 is 17.7 Å². The third-order valence-electron chi connectivity index (χ3n) is 6.32. The molecule has 160 valence electrons. The van der Waals surface area contributed by atoms with Crippen LogP contribution in [0.5, 0.6) is 11.5 Å². The van der Waals surface area contributed by atoms with Crippen LogP contribution in [0.4, 0.5) is 4.79 Å². The number of nitrogens with one attached hydrogen (secondary N) is 1. The number of urea groups is 1. The predicted molar refractivity (Wildman–Crippen MR) is 112 cm³/mol. The highest BCUT2D eigenvalue weighted by Crippen LogP contribution is 2.36. The zero-order chi connectivity index (χ0) is 21.6. The average molecular weight is 420 g/mol. The number of ether oxygens (including phenoxy) is 2. The number of carbonyl (C=O) groups excluding carboxylic acids is 3. The average Bonchev–Trinajstić information content (AvgIpc) is 3.22. The van der Waals surface area contributed by atoms with Crippen molar-refractivity contribution in [1.29, 1.82) is 0 Å². The summed E-state index contributed by atoms with van der Waals surface area (Å²) in [5.74, 6) is 0.457. The fourth-order valence-corrected chi connectivity index (χ4v) is 4.49. The molecule has 0 aromatic heterocycles. The Hall–Kier alpha value is -3.35. The summed E-state index contributed by atoms with van der Waals surface area (Å²) in [5.41, 5.74) is 2.29. The SMILES string of the molecule is C[C@]1(c2ccc3c(c2)OCCCO3)NC(=O)N(CC(=O)c2ccc3c(c2)CCC3)C1=O. The number of imide groups is 1. The van der Waals surface area contributed by atoms with Crippen LogP contribution in [0.15, 0.2) is 36.4 Å². The Bertz CT molecular complexity index is 1100. The first-order chi connectivity index (χ1) is 15.0. The van der Waals surface area contributed by atoms with Crippen molar-refractivity contribution in [2.75, 3.05) is 19.8 Å². The van der Waals surface area contributed by atoms with Crippen LogP contribution >= 0.6 is 0 Å². The van der Waals surface area contributed by atoms with Crippen molar-refractivity contribution in [1.82, 2.24) is 10.2 Å². The zero-order valence-corrected chi connectivity index (χ0v) is 17.4.